The van der Waals surface area contributed by atoms with Gasteiger partial charge in [-0.25, -0.2) is 13.8 Å². The van der Waals surface area contributed by atoms with Crippen LogP contribution in [0.1, 0.15) is 18.9 Å². The molecule has 2 rings (SSSR count). The maximum absolute atomic E-state index is 13.4. The average Bonchev–Trinajstić information content (AvgIpc) is 2.53. The number of amides is 1. The van der Waals surface area contributed by atoms with Gasteiger partial charge < -0.3 is 25.5 Å². The van der Waals surface area contributed by atoms with Gasteiger partial charge in [0.1, 0.15) is 17.3 Å². The number of carbonyl (C=O) groups is 1. The molecule has 9 nitrogen and oxygen atoms in total. The highest BCUT2D eigenvalue weighted by atomic mass is 19.3. The molecule has 11 heteroatoms. The molecule has 0 atom stereocenters. The maximum Gasteiger partial charge on any atom is 0.387 e. The molecule has 0 radical (unpaired) electrons. The third kappa shape index (κ3) is 4.13. The van der Waals surface area contributed by atoms with Crippen LogP contribution in [0.3, 0.4) is 0 Å². The summed E-state index contributed by atoms with van der Waals surface area (Å²) in [4.78, 5) is 28.5. The van der Waals surface area contributed by atoms with Crippen molar-refractivity contribution in [1.82, 2.24) is 9.97 Å². The van der Waals surface area contributed by atoms with Crippen molar-refractivity contribution in [2.24, 2.45) is 0 Å². The van der Waals surface area contributed by atoms with Crippen molar-refractivity contribution in [2.45, 2.75) is 13.3 Å². The Morgan fingerprint density at radius 1 is 1.40 bits per heavy atom. The van der Waals surface area contributed by atoms with Gasteiger partial charge in [-0.05, 0) is 16.0 Å². The number of hydrogen-bond acceptors (Lipinski definition) is 7. The molecule has 0 aliphatic rings. The lowest BCUT2D eigenvalue weighted by Crippen LogP contribution is -2.07. The molecule has 0 aliphatic carbocycles. The Kier molecular flexibility index (Phi) is 5.37. The minimum Gasteiger partial charge on any atom is -0.453 e. The summed E-state index contributed by atoms with van der Waals surface area (Å²) in [7, 11) is 1.26. The van der Waals surface area contributed by atoms with Crippen LogP contribution in [0.4, 0.5) is 26.1 Å². The highest BCUT2D eigenvalue weighted by Gasteiger charge is 2.29. The van der Waals surface area contributed by atoms with Crippen LogP contribution >= 0.6 is 0 Å². The topological polar surface area (TPSA) is 119 Å². The Morgan fingerprint density at radius 3 is 2.68 bits per heavy atom. The molecule has 2 heterocycles. The molecule has 0 aromatic carbocycles. The van der Waals surface area contributed by atoms with Crippen LogP contribution in [0, 0.1) is 10.1 Å². The molecule has 2 aromatic rings. The van der Waals surface area contributed by atoms with Gasteiger partial charge in [-0.1, -0.05) is 0 Å². The van der Waals surface area contributed by atoms with Gasteiger partial charge in [-0.3, -0.25) is 4.79 Å². The number of pyridine rings is 2. The highest BCUT2D eigenvalue weighted by molar-refractivity contribution is 5.87. The number of aromatic nitrogens is 2. The summed E-state index contributed by atoms with van der Waals surface area (Å²) in [6.07, 6.45) is -0.893. The number of nitrogens with one attached hydrogen (secondary N) is 2. The van der Waals surface area contributed by atoms with Gasteiger partial charge in [0.2, 0.25) is 5.91 Å². The number of halogens is 2. The smallest absolute Gasteiger partial charge is 0.387 e. The number of anilines is 2. The zero-order chi connectivity index (χ0) is 18.6. The van der Waals surface area contributed by atoms with E-state index in [0.29, 0.717) is 0 Å². The van der Waals surface area contributed by atoms with E-state index in [0.717, 1.165) is 6.20 Å². The van der Waals surface area contributed by atoms with Crippen LogP contribution < -0.4 is 15.4 Å². The van der Waals surface area contributed by atoms with E-state index in [1.807, 2.05) is 0 Å². The van der Waals surface area contributed by atoms with Crippen LogP contribution in [0.5, 0.6) is 11.5 Å². The molecule has 0 saturated carbocycles. The number of ether oxygens (including phenoxy) is 1. The molecule has 1 amide bonds. The summed E-state index contributed by atoms with van der Waals surface area (Å²) in [6, 6.07) is 2.69. The van der Waals surface area contributed by atoms with E-state index < -0.39 is 28.4 Å². The van der Waals surface area contributed by atoms with Crippen molar-refractivity contribution in [1.29, 1.82) is 0 Å². The summed E-state index contributed by atoms with van der Waals surface area (Å²) >= 11 is 0. The van der Waals surface area contributed by atoms with E-state index in [9.17, 15) is 23.7 Å². The summed E-state index contributed by atoms with van der Waals surface area (Å²) < 4.78 is 32.2. The zero-order valence-corrected chi connectivity index (χ0v) is 13.1. The molecule has 0 unspecified atom stereocenters. The van der Waals surface area contributed by atoms with Crippen molar-refractivity contribution < 1.29 is 23.2 Å². The minimum absolute atomic E-state index is 0.0957. The van der Waals surface area contributed by atoms with E-state index >= 15 is 0 Å². The van der Waals surface area contributed by atoms with Crippen LogP contribution in [-0.4, -0.2) is 27.8 Å². The van der Waals surface area contributed by atoms with Gasteiger partial charge in [0, 0.05) is 26.2 Å². The van der Waals surface area contributed by atoms with Crippen molar-refractivity contribution in [2.75, 3.05) is 17.7 Å². The lowest BCUT2D eigenvalue weighted by molar-refractivity contribution is -0.388. The maximum atomic E-state index is 13.4. The second-order valence-electron chi connectivity index (χ2n) is 4.70. The molecule has 25 heavy (non-hydrogen) atoms. The third-order valence-corrected chi connectivity index (χ3v) is 2.97. The third-order valence-electron chi connectivity index (χ3n) is 2.97. The first kappa shape index (κ1) is 18.0. The average molecular weight is 353 g/mol. The fraction of sp³-hybridized carbons (Fsp3) is 0.214. The van der Waals surface area contributed by atoms with Crippen LogP contribution in [0.2, 0.25) is 0 Å². The molecule has 0 fully saturated rings. The molecule has 0 saturated heterocycles. The van der Waals surface area contributed by atoms with E-state index in [1.165, 1.54) is 32.3 Å². The van der Waals surface area contributed by atoms with E-state index in [4.69, 9.17) is 4.74 Å². The molecule has 2 N–H and O–H groups in total. The standard InChI is InChI=1S/C14H13F2N5O4/c1-7(22)20-10-5-8(3-4-18-10)25-9-6-19-14(21(23)24)12(17-2)11(9)13(15)16/h3-6,13,17H,1-2H3,(H,18,20,22). The van der Waals surface area contributed by atoms with E-state index in [2.05, 4.69) is 20.6 Å². The fourth-order valence-corrected chi connectivity index (χ4v) is 2.03. The van der Waals surface area contributed by atoms with Crippen molar-refractivity contribution >= 4 is 23.2 Å². The Bertz CT molecular complexity index is 816. The minimum atomic E-state index is -3.05. The van der Waals surface area contributed by atoms with Gasteiger partial charge >= 0.3 is 5.82 Å². The first-order valence-electron chi connectivity index (χ1n) is 6.88. The Morgan fingerprint density at radius 2 is 2.12 bits per heavy atom. The number of alkyl halides is 2. The molecule has 0 aliphatic heterocycles. The van der Waals surface area contributed by atoms with Crippen molar-refractivity contribution in [3.8, 4) is 11.5 Å². The molecular weight excluding hydrogens is 340 g/mol. The predicted octanol–water partition coefficient (Wildman–Crippen LogP) is 3.11. The van der Waals surface area contributed by atoms with Gasteiger partial charge in [0.05, 0.1) is 5.56 Å². The van der Waals surface area contributed by atoms with Crippen molar-refractivity contribution in [3.63, 3.8) is 0 Å². The molecule has 132 valence electrons. The summed E-state index contributed by atoms with van der Waals surface area (Å²) in [5.41, 5.74) is -1.13. The lowest BCUT2D eigenvalue weighted by atomic mass is 10.2. The molecule has 0 bridgehead atoms. The van der Waals surface area contributed by atoms with Gasteiger partial charge in [0.25, 0.3) is 6.43 Å². The quantitative estimate of drug-likeness (QED) is 0.605. The summed E-state index contributed by atoms with van der Waals surface area (Å²) in [5.74, 6) is -1.21. The summed E-state index contributed by atoms with van der Waals surface area (Å²) in [5, 5.41) is 15.7. The predicted molar refractivity (Wildman–Crippen MR) is 84.0 cm³/mol. The van der Waals surface area contributed by atoms with Crippen molar-refractivity contribution in [3.05, 3.63) is 40.2 Å². The first-order chi connectivity index (χ1) is 11.8. The number of nitrogens with zero attached hydrogens (tertiary/aromatic N) is 3. The number of nitro groups is 1. The normalized spacial score (nSPS) is 10.4. The number of hydrogen-bond donors (Lipinski definition) is 2. The molecule has 2 aromatic heterocycles. The Hall–Kier alpha value is -3.37. The zero-order valence-electron chi connectivity index (χ0n) is 13.1. The van der Waals surface area contributed by atoms with Gasteiger partial charge in [-0.2, -0.15) is 0 Å². The SMILES string of the molecule is CNc1c([N+](=O)[O-])ncc(Oc2ccnc(NC(C)=O)c2)c1C(F)F. The van der Waals surface area contributed by atoms with E-state index in [-0.39, 0.29) is 23.2 Å². The first-order valence-corrected chi connectivity index (χ1v) is 6.88. The lowest BCUT2D eigenvalue weighted by Gasteiger charge is -2.13. The number of rotatable bonds is 6. The monoisotopic (exact) mass is 353 g/mol. The largest absolute Gasteiger partial charge is 0.453 e. The Balaban J connectivity index is 2.46. The molecular formula is C14H13F2N5O4. The number of carbonyl (C=O) groups excluding carboxylic acids is 1. The van der Waals surface area contributed by atoms with Gasteiger partial charge in [0.15, 0.2) is 11.9 Å². The molecule has 0 spiro atoms. The van der Waals surface area contributed by atoms with Crippen LogP contribution in [-0.2, 0) is 4.79 Å². The second-order valence-corrected chi connectivity index (χ2v) is 4.70. The second kappa shape index (κ2) is 7.47. The fourth-order valence-electron chi connectivity index (χ4n) is 2.03. The summed E-state index contributed by atoms with van der Waals surface area (Å²) in [6.45, 7) is 1.28. The van der Waals surface area contributed by atoms with Gasteiger partial charge in [-0.15, -0.1) is 0 Å². The van der Waals surface area contributed by atoms with Crippen LogP contribution in [0.25, 0.3) is 0 Å². The highest BCUT2D eigenvalue weighted by Crippen LogP contribution is 2.41. The van der Waals surface area contributed by atoms with Crippen LogP contribution in [0.15, 0.2) is 24.5 Å². The van der Waals surface area contributed by atoms with E-state index in [1.54, 1.807) is 0 Å². The Labute approximate surface area is 140 Å².